The molecule has 116 valence electrons. The van der Waals surface area contributed by atoms with Crippen molar-refractivity contribution in [2.45, 2.75) is 20.3 Å². The summed E-state index contributed by atoms with van der Waals surface area (Å²) in [5.74, 6) is 1.21. The van der Waals surface area contributed by atoms with Gasteiger partial charge in [-0.2, -0.15) is 5.10 Å². The first-order valence-corrected chi connectivity index (χ1v) is 7.67. The van der Waals surface area contributed by atoms with Gasteiger partial charge in [0.1, 0.15) is 11.6 Å². The van der Waals surface area contributed by atoms with Crippen LogP contribution in [-0.2, 0) is 0 Å². The molecule has 1 saturated heterocycles. The molecule has 2 aromatic rings. The number of hydrogen-bond donors (Lipinski definition) is 1. The first-order valence-electron chi connectivity index (χ1n) is 7.67. The maximum absolute atomic E-state index is 13.0. The first-order chi connectivity index (χ1) is 10.6. The van der Waals surface area contributed by atoms with Gasteiger partial charge < -0.3 is 10.2 Å². The van der Waals surface area contributed by atoms with Crippen molar-refractivity contribution in [2.24, 2.45) is 5.92 Å². The number of benzene rings is 1. The first kappa shape index (κ1) is 14.8. The van der Waals surface area contributed by atoms with Crippen LogP contribution in [0.25, 0.3) is 0 Å². The van der Waals surface area contributed by atoms with Crippen molar-refractivity contribution in [3.05, 3.63) is 47.4 Å². The van der Waals surface area contributed by atoms with Gasteiger partial charge in [-0.15, -0.1) is 5.10 Å². The maximum atomic E-state index is 13.0. The van der Waals surface area contributed by atoms with Gasteiger partial charge in [0.05, 0.1) is 5.69 Å². The molecule has 4 nitrogen and oxygen atoms in total. The summed E-state index contributed by atoms with van der Waals surface area (Å²) in [5.41, 5.74) is 3.21. The summed E-state index contributed by atoms with van der Waals surface area (Å²) >= 11 is 0. The average Bonchev–Trinajstić information content (AvgIpc) is 2.98. The van der Waals surface area contributed by atoms with Gasteiger partial charge >= 0.3 is 0 Å². The van der Waals surface area contributed by atoms with Crippen molar-refractivity contribution in [1.29, 1.82) is 0 Å². The Morgan fingerprint density at radius 3 is 2.73 bits per heavy atom. The van der Waals surface area contributed by atoms with E-state index < -0.39 is 0 Å². The molecule has 0 saturated carbocycles. The van der Waals surface area contributed by atoms with Gasteiger partial charge in [0.15, 0.2) is 0 Å². The number of aryl methyl sites for hydroxylation is 2. The third-order valence-corrected chi connectivity index (χ3v) is 4.28. The standard InChI is InChI=1S/C17H21FN4/c1-12-9-17(21-20-13(12)2)19-10-14-7-8-22(11-14)16-5-3-15(18)4-6-16/h3-6,9,14H,7-8,10-11H2,1-2H3,(H,19,21). The third-order valence-electron chi connectivity index (χ3n) is 4.28. The molecule has 1 N–H and O–H groups in total. The Morgan fingerprint density at radius 2 is 2.00 bits per heavy atom. The molecule has 1 aliphatic rings. The Balaban J connectivity index is 1.54. The Hall–Kier alpha value is -2.17. The summed E-state index contributed by atoms with van der Waals surface area (Å²) in [7, 11) is 0. The Labute approximate surface area is 130 Å². The van der Waals surface area contributed by atoms with Crippen LogP contribution in [0.15, 0.2) is 30.3 Å². The smallest absolute Gasteiger partial charge is 0.148 e. The zero-order valence-electron chi connectivity index (χ0n) is 13.0. The van der Waals surface area contributed by atoms with Crippen LogP contribution >= 0.6 is 0 Å². The molecule has 0 aliphatic carbocycles. The SMILES string of the molecule is Cc1cc(NCC2CCN(c3ccc(F)cc3)C2)nnc1C. The van der Waals surface area contributed by atoms with Crippen molar-refractivity contribution in [3.8, 4) is 0 Å². The number of halogens is 1. The van der Waals surface area contributed by atoms with Gasteiger partial charge in [0.25, 0.3) is 0 Å². The molecule has 0 bridgehead atoms. The van der Waals surface area contributed by atoms with Gasteiger partial charge in [-0.25, -0.2) is 4.39 Å². The summed E-state index contributed by atoms with van der Waals surface area (Å²) in [5, 5.41) is 11.7. The monoisotopic (exact) mass is 300 g/mol. The summed E-state index contributed by atoms with van der Waals surface area (Å²) in [6.45, 7) is 6.88. The summed E-state index contributed by atoms with van der Waals surface area (Å²) < 4.78 is 13.0. The van der Waals surface area contributed by atoms with E-state index in [1.165, 1.54) is 12.1 Å². The van der Waals surface area contributed by atoms with Crippen molar-refractivity contribution in [1.82, 2.24) is 10.2 Å². The third kappa shape index (κ3) is 3.35. The molecule has 1 unspecified atom stereocenters. The van der Waals surface area contributed by atoms with Gasteiger partial charge in [-0.1, -0.05) is 0 Å². The zero-order chi connectivity index (χ0) is 15.5. The van der Waals surface area contributed by atoms with E-state index in [1.54, 1.807) is 0 Å². The highest BCUT2D eigenvalue weighted by atomic mass is 19.1. The van der Waals surface area contributed by atoms with E-state index in [-0.39, 0.29) is 5.82 Å². The van der Waals surface area contributed by atoms with Gasteiger partial charge in [0.2, 0.25) is 0 Å². The van der Waals surface area contributed by atoms with E-state index in [9.17, 15) is 4.39 Å². The molecule has 1 aromatic carbocycles. The number of hydrogen-bond acceptors (Lipinski definition) is 4. The zero-order valence-corrected chi connectivity index (χ0v) is 13.0. The summed E-state index contributed by atoms with van der Waals surface area (Å²) in [6.07, 6.45) is 1.13. The van der Waals surface area contributed by atoms with Crippen LogP contribution in [0.4, 0.5) is 15.9 Å². The molecular weight excluding hydrogens is 279 g/mol. The quantitative estimate of drug-likeness (QED) is 0.941. The molecule has 0 amide bonds. The largest absolute Gasteiger partial charge is 0.371 e. The van der Waals surface area contributed by atoms with Crippen LogP contribution in [0.5, 0.6) is 0 Å². The van der Waals surface area contributed by atoms with E-state index in [2.05, 4.69) is 20.4 Å². The predicted octanol–water partition coefficient (Wildman–Crippen LogP) is 3.17. The fourth-order valence-corrected chi connectivity index (χ4v) is 2.77. The second-order valence-corrected chi connectivity index (χ2v) is 5.96. The van der Waals surface area contributed by atoms with Crippen molar-refractivity contribution in [3.63, 3.8) is 0 Å². The summed E-state index contributed by atoms with van der Waals surface area (Å²) in [4.78, 5) is 2.30. The van der Waals surface area contributed by atoms with E-state index in [0.29, 0.717) is 5.92 Å². The van der Waals surface area contributed by atoms with E-state index >= 15 is 0 Å². The second-order valence-electron chi connectivity index (χ2n) is 5.96. The number of nitrogens with zero attached hydrogens (tertiary/aromatic N) is 3. The molecule has 22 heavy (non-hydrogen) atoms. The van der Waals surface area contributed by atoms with Crippen LogP contribution in [0, 0.1) is 25.6 Å². The minimum absolute atomic E-state index is 0.186. The van der Waals surface area contributed by atoms with Crippen molar-refractivity contribution in [2.75, 3.05) is 29.9 Å². The summed E-state index contributed by atoms with van der Waals surface area (Å²) in [6, 6.07) is 8.77. The Morgan fingerprint density at radius 1 is 1.23 bits per heavy atom. The lowest BCUT2D eigenvalue weighted by Gasteiger charge is -2.19. The van der Waals surface area contributed by atoms with Crippen LogP contribution in [-0.4, -0.2) is 29.8 Å². The second kappa shape index (κ2) is 6.30. The fourth-order valence-electron chi connectivity index (χ4n) is 2.77. The van der Waals surface area contributed by atoms with Crippen molar-refractivity contribution >= 4 is 11.5 Å². The minimum atomic E-state index is -0.186. The maximum Gasteiger partial charge on any atom is 0.148 e. The van der Waals surface area contributed by atoms with E-state index in [0.717, 1.165) is 48.8 Å². The minimum Gasteiger partial charge on any atom is -0.371 e. The topological polar surface area (TPSA) is 41.0 Å². The van der Waals surface area contributed by atoms with Crippen LogP contribution < -0.4 is 10.2 Å². The van der Waals surface area contributed by atoms with Gasteiger partial charge in [-0.05, 0) is 62.1 Å². The highest BCUT2D eigenvalue weighted by Gasteiger charge is 2.22. The van der Waals surface area contributed by atoms with Gasteiger partial charge in [0, 0.05) is 25.3 Å². The lowest BCUT2D eigenvalue weighted by Crippen LogP contribution is -2.22. The predicted molar refractivity (Wildman–Crippen MR) is 86.7 cm³/mol. The number of anilines is 2. The number of nitrogens with one attached hydrogen (secondary N) is 1. The lowest BCUT2D eigenvalue weighted by molar-refractivity contribution is 0.619. The number of aromatic nitrogens is 2. The molecule has 1 atom stereocenters. The highest BCUT2D eigenvalue weighted by molar-refractivity contribution is 5.47. The van der Waals surface area contributed by atoms with E-state index in [1.807, 2.05) is 32.0 Å². The molecule has 1 aliphatic heterocycles. The van der Waals surface area contributed by atoms with Crippen molar-refractivity contribution < 1.29 is 4.39 Å². The number of rotatable bonds is 4. The average molecular weight is 300 g/mol. The van der Waals surface area contributed by atoms with Crippen LogP contribution in [0.1, 0.15) is 17.7 Å². The molecule has 3 rings (SSSR count). The molecule has 2 heterocycles. The highest BCUT2D eigenvalue weighted by Crippen LogP contribution is 2.24. The van der Waals surface area contributed by atoms with Crippen LogP contribution in [0.2, 0.25) is 0 Å². The fraction of sp³-hybridized carbons (Fsp3) is 0.412. The lowest BCUT2D eigenvalue weighted by atomic mass is 10.1. The molecule has 1 aromatic heterocycles. The Kier molecular flexibility index (Phi) is 4.22. The molecule has 0 radical (unpaired) electrons. The molecular formula is C17H21FN4. The molecule has 1 fully saturated rings. The van der Waals surface area contributed by atoms with Crippen LogP contribution in [0.3, 0.4) is 0 Å². The molecule has 0 spiro atoms. The Bertz CT molecular complexity index is 642. The normalized spacial score (nSPS) is 17.8. The van der Waals surface area contributed by atoms with E-state index in [4.69, 9.17) is 0 Å². The van der Waals surface area contributed by atoms with Gasteiger partial charge in [-0.3, -0.25) is 0 Å². The molecule has 5 heteroatoms.